The number of nitrogens with one attached hydrogen (secondary N) is 1. The van der Waals surface area contributed by atoms with Gasteiger partial charge in [0, 0.05) is 28.3 Å². The van der Waals surface area contributed by atoms with Crippen molar-refractivity contribution in [3.05, 3.63) is 32.8 Å². The van der Waals surface area contributed by atoms with Crippen LogP contribution in [0.3, 0.4) is 0 Å². The molecule has 1 saturated carbocycles. The summed E-state index contributed by atoms with van der Waals surface area (Å²) in [4.78, 5) is 10.4. The van der Waals surface area contributed by atoms with Crippen molar-refractivity contribution < 1.29 is 4.92 Å². The van der Waals surface area contributed by atoms with Crippen LogP contribution in [-0.4, -0.2) is 11.0 Å². The van der Waals surface area contributed by atoms with E-state index < -0.39 is 0 Å². The molecule has 0 spiro atoms. The Kier molecular flexibility index (Phi) is 4.37. The number of non-ortho nitro benzene ring substituents is 1. The highest BCUT2D eigenvalue weighted by Gasteiger charge is 2.32. The SMILES string of the molecule is CC1CC(Nc2ccc([N+](=O)[O-])cc2Br)CC(C)(C)C1. The lowest BCUT2D eigenvalue weighted by atomic mass is 9.70. The van der Waals surface area contributed by atoms with Crippen LogP contribution in [0.1, 0.15) is 40.0 Å². The maximum Gasteiger partial charge on any atom is 0.270 e. The van der Waals surface area contributed by atoms with E-state index in [1.807, 2.05) is 0 Å². The quantitative estimate of drug-likeness (QED) is 0.623. The Morgan fingerprint density at radius 1 is 1.40 bits per heavy atom. The average Bonchev–Trinajstić information content (AvgIpc) is 2.28. The molecule has 0 saturated heterocycles. The zero-order valence-electron chi connectivity index (χ0n) is 12.1. The molecule has 20 heavy (non-hydrogen) atoms. The van der Waals surface area contributed by atoms with Crippen LogP contribution >= 0.6 is 15.9 Å². The van der Waals surface area contributed by atoms with Crippen molar-refractivity contribution in [1.29, 1.82) is 0 Å². The zero-order valence-corrected chi connectivity index (χ0v) is 13.7. The first-order valence-electron chi connectivity index (χ1n) is 6.97. The number of rotatable bonds is 3. The zero-order chi connectivity index (χ0) is 14.9. The highest BCUT2D eigenvalue weighted by atomic mass is 79.9. The Labute approximate surface area is 128 Å². The number of anilines is 1. The van der Waals surface area contributed by atoms with Crippen LogP contribution in [0.15, 0.2) is 22.7 Å². The summed E-state index contributed by atoms with van der Waals surface area (Å²) in [6.07, 6.45) is 3.53. The van der Waals surface area contributed by atoms with Gasteiger partial charge in [0.2, 0.25) is 0 Å². The second kappa shape index (κ2) is 5.72. The number of nitro benzene ring substituents is 1. The molecule has 1 N–H and O–H groups in total. The lowest BCUT2D eigenvalue weighted by Crippen LogP contribution is -2.35. The normalized spacial score (nSPS) is 25.2. The molecule has 0 aromatic heterocycles. The van der Waals surface area contributed by atoms with Gasteiger partial charge < -0.3 is 5.32 Å². The fourth-order valence-electron chi connectivity index (χ4n) is 3.41. The van der Waals surface area contributed by atoms with E-state index >= 15 is 0 Å². The minimum atomic E-state index is -0.375. The Morgan fingerprint density at radius 3 is 2.65 bits per heavy atom. The number of halogens is 1. The van der Waals surface area contributed by atoms with Crippen molar-refractivity contribution in [2.75, 3.05) is 5.32 Å². The highest BCUT2D eigenvalue weighted by Crippen LogP contribution is 2.40. The van der Waals surface area contributed by atoms with Gasteiger partial charge in [0.1, 0.15) is 0 Å². The van der Waals surface area contributed by atoms with Gasteiger partial charge in [0.15, 0.2) is 0 Å². The van der Waals surface area contributed by atoms with Gasteiger partial charge >= 0.3 is 0 Å². The maximum atomic E-state index is 10.7. The van der Waals surface area contributed by atoms with Crippen LogP contribution in [0.5, 0.6) is 0 Å². The first-order valence-corrected chi connectivity index (χ1v) is 7.76. The molecule has 1 aromatic carbocycles. The molecule has 2 rings (SSSR count). The summed E-state index contributed by atoms with van der Waals surface area (Å²) in [5.41, 5.74) is 1.40. The van der Waals surface area contributed by atoms with Crippen molar-refractivity contribution in [2.45, 2.75) is 46.1 Å². The molecule has 0 aliphatic heterocycles. The molecule has 1 aliphatic carbocycles. The third-order valence-electron chi connectivity index (χ3n) is 3.91. The molecule has 4 nitrogen and oxygen atoms in total. The van der Waals surface area contributed by atoms with Crippen molar-refractivity contribution in [2.24, 2.45) is 11.3 Å². The maximum absolute atomic E-state index is 10.7. The van der Waals surface area contributed by atoms with Gasteiger partial charge in [-0.1, -0.05) is 20.8 Å². The van der Waals surface area contributed by atoms with Gasteiger partial charge in [-0.15, -0.1) is 0 Å². The molecule has 1 aliphatic rings. The van der Waals surface area contributed by atoms with E-state index in [-0.39, 0.29) is 10.6 Å². The standard InChI is InChI=1S/C15H21BrN2O2/c1-10-6-11(9-15(2,3)8-10)17-14-5-4-12(18(19)20)7-13(14)16/h4-5,7,10-11,17H,6,8-9H2,1-3H3. The average molecular weight is 341 g/mol. The number of hydrogen-bond donors (Lipinski definition) is 1. The predicted molar refractivity (Wildman–Crippen MR) is 85.0 cm³/mol. The van der Waals surface area contributed by atoms with Crippen molar-refractivity contribution in [1.82, 2.24) is 0 Å². The van der Waals surface area contributed by atoms with Gasteiger partial charge in [-0.3, -0.25) is 10.1 Å². The summed E-state index contributed by atoms with van der Waals surface area (Å²) in [6, 6.07) is 5.31. The fourth-order valence-corrected chi connectivity index (χ4v) is 3.89. The van der Waals surface area contributed by atoms with Gasteiger partial charge in [0.05, 0.1) is 4.92 Å². The molecule has 1 aromatic rings. The van der Waals surface area contributed by atoms with Crippen LogP contribution in [0.25, 0.3) is 0 Å². The smallest absolute Gasteiger partial charge is 0.270 e. The summed E-state index contributed by atoms with van der Waals surface area (Å²) < 4.78 is 0.753. The van der Waals surface area contributed by atoms with E-state index in [4.69, 9.17) is 0 Å². The summed E-state index contributed by atoms with van der Waals surface area (Å²) in [6.45, 7) is 6.91. The van der Waals surface area contributed by atoms with Gasteiger partial charge in [0.25, 0.3) is 5.69 Å². The lowest BCUT2D eigenvalue weighted by Gasteiger charge is -2.39. The van der Waals surface area contributed by atoms with Gasteiger partial charge in [-0.25, -0.2) is 0 Å². The Hall–Kier alpha value is -1.10. The summed E-state index contributed by atoms with van der Waals surface area (Å²) in [5, 5.41) is 14.3. The summed E-state index contributed by atoms with van der Waals surface area (Å²) in [5.74, 6) is 0.702. The minimum Gasteiger partial charge on any atom is -0.381 e. The van der Waals surface area contributed by atoms with Crippen LogP contribution < -0.4 is 5.32 Å². The van der Waals surface area contributed by atoms with Crippen molar-refractivity contribution in [3.8, 4) is 0 Å². The lowest BCUT2D eigenvalue weighted by molar-refractivity contribution is -0.384. The predicted octanol–water partition coefficient (Wildman–Crippen LogP) is 4.98. The van der Waals surface area contributed by atoms with E-state index in [0.717, 1.165) is 23.0 Å². The second-order valence-electron chi connectivity index (χ2n) is 6.68. The molecule has 110 valence electrons. The molecule has 2 unspecified atom stereocenters. The molecular weight excluding hydrogens is 320 g/mol. The number of benzene rings is 1. The van der Waals surface area contributed by atoms with Crippen molar-refractivity contribution >= 4 is 27.3 Å². The van der Waals surface area contributed by atoms with Gasteiger partial charge in [-0.2, -0.15) is 0 Å². The molecule has 0 radical (unpaired) electrons. The van der Waals surface area contributed by atoms with E-state index in [9.17, 15) is 10.1 Å². The summed E-state index contributed by atoms with van der Waals surface area (Å²) >= 11 is 3.42. The molecule has 2 atom stereocenters. The van der Waals surface area contributed by atoms with Crippen LogP contribution in [0.2, 0.25) is 0 Å². The number of nitro groups is 1. The van der Waals surface area contributed by atoms with Crippen LogP contribution in [-0.2, 0) is 0 Å². The van der Waals surface area contributed by atoms with Crippen LogP contribution in [0.4, 0.5) is 11.4 Å². The molecule has 0 amide bonds. The first-order chi connectivity index (χ1) is 9.27. The Bertz CT molecular complexity index is 517. The number of nitrogens with zero attached hydrogens (tertiary/aromatic N) is 1. The molecule has 0 heterocycles. The first kappa shape index (κ1) is 15.3. The highest BCUT2D eigenvalue weighted by molar-refractivity contribution is 9.10. The van der Waals surface area contributed by atoms with Gasteiger partial charge in [-0.05, 0) is 52.6 Å². The topological polar surface area (TPSA) is 55.2 Å². The molecule has 0 bridgehead atoms. The largest absolute Gasteiger partial charge is 0.381 e. The Balaban J connectivity index is 2.12. The van der Waals surface area contributed by atoms with Crippen LogP contribution in [0, 0.1) is 21.4 Å². The molecular formula is C15H21BrN2O2. The Morgan fingerprint density at radius 2 is 2.10 bits per heavy atom. The molecule has 1 fully saturated rings. The van der Waals surface area contributed by atoms with E-state index in [1.54, 1.807) is 18.2 Å². The van der Waals surface area contributed by atoms with Crippen molar-refractivity contribution in [3.63, 3.8) is 0 Å². The van der Waals surface area contributed by atoms with E-state index in [1.165, 1.54) is 6.42 Å². The monoisotopic (exact) mass is 340 g/mol. The second-order valence-corrected chi connectivity index (χ2v) is 7.53. The van der Waals surface area contributed by atoms with E-state index in [0.29, 0.717) is 17.4 Å². The number of hydrogen-bond acceptors (Lipinski definition) is 3. The minimum absolute atomic E-state index is 0.111. The summed E-state index contributed by atoms with van der Waals surface area (Å²) in [7, 11) is 0. The fraction of sp³-hybridized carbons (Fsp3) is 0.600. The molecule has 5 heteroatoms. The third kappa shape index (κ3) is 3.72. The third-order valence-corrected chi connectivity index (χ3v) is 4.57. The van der Waals surface area contributed by atoms with E-state index in [2.05, 4.69) is 42.0 Å².